The van der Waals surface area contributed by atoms with Gasteiger partial charge in [-0.05, 0) is 31.0 Å². The average Bonchev–Trinajstić information content (AvgIpc) is 3.47. The van der Waals surface area contributed by atoms with Crippen LogP contribution in [-0.4, -0.2) is 49.8 Å². The maximum absolute atomic E-state index is 12.6. The van der Waals surface area contributed by atoms with Crippen LogP contribution >= 0.6 is 0 Å². The van der Waals surface area contributed by atoms with E-state index in [4.69, 9.17) is 4.74 Å². The second-order valence-electron chi connectivity index (χ2n) is 7.44. The Bertz CT molecular complexity index is 795. The predicted molar refractivity (Wildman–Crippen MR) is 107 cm³/mol. The van der Waals surface area contributed by atoms with Crippen molar-refractivity contribution in [2.24, 2.45) is 0 Å². The molecule has 27 heavy (non-hydrogen) atoms. The van der Waals surface area contributed by atoms with E-state index >= 15 is 0 Å². The molecule has 4 rings (SSSR count). The van der Waals surface area contributed by atoms with E-state index in [1.807, 2.05) is 31.3 Å². The Morgan fingerprint density at radius 1 is 1.19 bits per heavy atom. The van der Waals surface area contributed by atoms with Gasteiger partial charge in [0.15, 0.2) is 0 Å². The standard InChI is InChI=1S/C22H27N3O2/c1-3-25-15-17(27-21-12-8-7-11-20(21)25)14-24(2)22(26)23-19-13-18(19)16-9-5-4-6-10-16/h4-12,17-19H,3,13-15H2,1-2H3,(H,23,26)/t17-,18-,19+/m0/s1. The highest BCUT2D eigenvalue weighted by atomic mass is 16.5. The van der Waals surface area contributed by atoms with Crippen molar-refractivity contribution in [3.63, 3.8) is 0 Å². The first-order chi connectivity index (χ1) is 13.2. The molecule has 1 aliphatic carbocycles. The Morgan fingerprint density at radius 2 is 1.93 bits per heavy atom. The number of rotatable bonds is 5. The number of amides is 2. The second kappa shape index (κ2) is 7.51. The lowest BCUT2D eigenvalue weighted by Gasteiger charge is -2.37. The van der Waals surface area contributed by atoms with E-state index < -0.39 is 0 Å². The van der Waals surface area contributed by atoms with Crippen molar-refractivity contribution in [1.29, 1.82) is 0 Å². The Kier molecular flexibility index (Phi) is 4.92. The van der Waals surface area contributed by atoms with Crippen LogP contribution in [0.25, 0.3) is 0 Å². The normalized spacial score (nSPS) is 23.2. The molecule has 142 valence electrons. The summed E-state index contributed by atoms with van der Waals surface area (Å²) in [7, 11) is 1.84. The molecule has 2 aromatic rings. The van der Waals surface area contributed by atoms with Crippen molar-refractivity contribution in [3.05, 3.63) is 60.2 Å². The molecule has 5 nitrogen and oxygen atoms in total. The van der Waals surface area contributed by atoms with Crippen LogP contribution in [0.1, 0.15) is 24.8 Å². The number of anilines is 1. The number of nitrogens with zero attached hydrogens (tertiary/aromatic N) is 2. The van der Waals surface area contributed by atoms with E-state index in [0.717, 1.165) is 30.9 Å². The average molecular weight is 365 g/mol. The van der Waals surface area contributed by atoms with E-state index in [1.165, 1.54) is 5.56 Å². The van der Waals surface area contributed by atoms with Gasteiger partial charge in [-0.15, -0.1) is 0 Å². The molecule has 1 saturated carbocycles. The zero-order chi connectivity index (χ0) is 18.8. The maximum Gasteiger partial charge on any atom is 0.317 e. The summed E-state index contributed by atoms with van der Waals surface area (Å²) in [5, 5.41) is 3.15. The van der Waals surface area contributed by atoms with Crippen molar-refractivity contribution in [2.45, 2.75) is 31.4 Å². The topological polar surface area (TPSA) is 44.8 Å². The molecule has 0 radical (unpaired) electrons. The molecular formula is C22H27N3O2. The summed E-state index contributed by atoms with van der Waals surface area (Å²) in [6, 6.07) is 18.7. The van der Waals surface area contributed by atoms with Crippen LogP contribution in [-0.2, 0) is 0 Å². The van der Waals surface area contributed by atoms with Crippen molar-refractivity contribution >= 4 is 11.7 Å². The third-order valence-electron chi connectivity index (χ3n) is 5.46. The monoisotopic (exact) mass is 365 g/mol. The molecule has 0 aromatic heterocycles. The first-order valence-corrected chi connectivity index (χ1v) is 9.73. The van der Waals surface area contributed by atoms with Gasteiger partial charge in [0.1, 0.15) is 11.9 Å². The summed E-state index contributed by atoms with van der Waals surface area (Å²) in [4.78, 5) is 16.6. The lowest BCUT2D eigenvalue weighted by atomic mass is 10.1. The molecule has 2 aliphatic rings. The molecule has 1 fully saturated rings. The van der Waals surface area contributed by atoms with Gasteiger partial charge in [-0.3, -0.25) is 0 Å². The van der Waals surface area contributed by atoms with E-state index in [0.29, 0.717) is 12.5 Å². The van der Waals surface area contributed by atoms with E-state index in [-0.39, 0.29) is 18.2 Å². The van der Waals surface area contributed by atoms with Gasteiger partial charge in [0.2, 0.25) is 0 Å². The number of likely N-dealkylation sites (N-methyl/N-ethyl adjacent to an activating group) is 2. The first-order valence-electron chi connectivity index (χ1n) is 9.73. The molecular weight excluding hydrogens is 338 g/mol. The van der Waals surface area contributed by atoms with Crippen molar-refractivity contribution in [2.75, 3.05) is 31.6 Å². The van der Waals surface area contributed by atoms with Gasteiger partial charge in [-0.25, -0.2) is 4.79 Å². The lowest BCUT2D eigenvalue weighted by molar-refractivity contribution is 0.145. The largest absolute Gasteiger partial charge is 0.485 e. The van der Waals surface area contributed by atoms with Crippen LogP contribution in [0.4, 0.5) is 10.5 Å². The summed E-state index contributed by atoms with van der Waals surface area (Å²) in [6.07, 6.45) is 0.986. The minimum Gasteiger partial charge on any atom is -0.485 e. The molecule has 1 N–H and O–H groups in total. The summed E-state index contributed by atoms with van der Waals surface area (Å²) >= 11 is 0. The number of carbonyl (C=O) groups is 1. The maximum atomic E-state index is 12.6. The van der Waals surface area contributed by atoms with Crippen molar-refractivity contribution in [3.8, 4) is 5.75 Å². The minimum atomic E-state index is -0.0280. The zero-order valence-corrected chi connectivity index (χ0v) is 16.0. The highest BCUT2D eigenvalue weighted by Gasteiger charge is 2.40. The van der Waals surface area contributed by atoms with Crippen LogP contribution in [0, 0.1) is 0 Å². The second-order valence-corrected chi connectivity index (χ2v) is 7.44. The van der Waals surface area contributed by atoms with E-state index in [2.05, 4.69) is 47.5 Å². The lowest BCUT2D eigenvalue weighted by Crippen LogP contribution is -2.49. The molecule has 0 spiro atoms. The zero-order valence-electron chi connectivity index (χ0n) is 16.0. The Balaban J connectivity index is 1.32. The van der Waals surface area contributed by atoms with E-state index in [1.54, 1.807) is 4.90 Å². The molecule has 0 saturated heterocycles. The van der Waals surface area contributed by atoms with Gasteiger partial charge in [-0.1, -0.05) is 42.5 Å². The highest BCUT2D eigenvalue weighted by molar-refractivity contribution is 5.75. The van der Waals surface area contributed by atoms with Gasteiger partial charge < -0.3 is 19.9 Å². The third kappa shape index (κ3) is 3.87. The van der Waals surface area contributed by atoms with Gasteiger partial charge in [-0.2, -0.15) is 0 Å². The molecule has 1 aliphatic heterocycles. The highest BCUT2D eigenvalue weighted by Crippen LogP contribution is 2.40. The molecule has 2 aromatic carbocycles. The fraction of sp³-hybridized carbons (Fsp3) is 0.409. The molecule has 0 bridgehead atoms. The number of benzene rings is 2. The number of urea groups is 1. The van der Waals surface area contributed by atoms with E-state index in [9.17, 15) is 4.79 Å². The van der Waals surface area contributed by atoms with Crippen LogP contribution in [0.2, 0.25) is 0 Å². The fourth-order valence-electron chi connectivity index (χ4n) is 3.85. The van der Waals surface area contributed by atoms with Gasteiger partial charge >= 0.3 is 6.03 Å². The molecule has 0 unspecified atom stereocenters. The number of fused-ring (bicyclic) bond motifs is 1. The number of para-hydroxylation sites is 2. The van der Waals surface area contributed by atoms with Gasteiger partial charge in [0.25, 0.3) is 0 Å². The molecule has 3 atom stereocenters. The first kappa shape index (κ1) is 17.7. The van der Waals surface area contributed by atoms with Crippen LogP contribution in [0.3, 0.4) is 0 Å². The van der Waals surface area contributed by atoms with Crippen molar-refractivity contribution < 1.29 is 9.53 Å². The third-order valence-corrected chi connectivity index (χ3v) is 5.46. The number of nitrogens with one attached hydrogen (secondary N) is 1. The fourth-order valence-corrected chi connectivity index (χ4v) is 3.85. The van der Waals surface area contributed by atoms with Gasteiger partial charge in [0.05, 0.1) is 18.8 Å². The Labute approximate surface area is 160 Å². The molecule has 5 heteroatoms. The van der Waals surface area contributed by atoms with Crippen LogP contribution < -0.4 is 15.0 Å². The Hall–Kier alpha value is -2.69. The summed E-state index contributed by atoms with van der Waals surface area (Å²) in [5.74, 6) is 1.34. The predicted octanol–water partition coefficient (Wildman–Crippen LogP) is 3.47. The SMILES string of the molecule is CCN1C[C@H](CN(C)C(=O)N[C@@H]2C[C@H]2c2ccccc2)Oc2ccccc21. The Morgan fingerprint density at radius 3 is 2.70 bits per heavy atom. The minimum absolute atomic E-state index is 0.0241. The van der Waals surface area contributed by atoms with Crippen LogP contribution in [0.5, 0.6) is 5.75 Å². The summed E-state index contributed by atoms with van der Waals surface area (Å²) in [5.41, 5.74) is 2.43. The number of hydrogen-bond donors (Lipinski definition) is 1. The number of ether oxygens (including phenoxy) is 1. The summed E-state index contributed by atoms with van der Waals surface area (Å²) in [6.45, 7) is 4.43. The smallest absolute Gasteiger partial charge is 0.317 e. The van der Waals surface area contributed by atoms with Crippen molar-refractivity contribution in [1.82, 2.24) is 10.2 Å². The summed E-state index contributed by atoms with van der Waals surface area (Å²) < 4.78 is 6.13. The number of carbonyl (C=O) groups excluding carboxylic acids is 1. The van der Waals surface area contributed by atoms with Crippen LogP contribution in [0.15, 0.2) is 54.6 Å². The quantitative estimate of drug-likeness (QED) is 0.882. The number of hydrogen-bond acceptors (Lipinski definition) is 3. The molecule has 2 amide bonds. The molecule has 1 heterocycles. The van der Waals surface area contributed by atoms with Gasteiger partial charge in [0, 0.05) is 25.6 Å².